The largest absolute Gasteiger partial charge is 0.496 e. The summed E-state index contributed by atoms with van der Waals surface area (Å²) in [6, 6.07) is 10.3. The molecule has 18 heavy (non-hydrogen) atoms. The van der Waals surface area contributed by atoms with Crippen LogP contribution >= 0.6 is 0 Å². The molecular formula is C16H19NO. The van der Waals surface area contributed by atoms with Crippen molar-refractivity contribution >= 4 is 5.69 Å². The van der Waals surface area contributed by atoms with Gasteiger partial charge in [-0.05, 0) is 72.9 Å². The molecule has 0 radical (unpaired) electrons. The highest BCUT2D eigenvalue weighted by Crippen LogP contribution is 2.32. The highest BCUT2D eigenvalue weighted by molar-refractivity contribution is 5.73. The van der Waals surface area contributed by atoms with E-state index in [1.165, 1.54) is 16.7 Å². The van der Waals surface area contributed by atoms with Crippen molar-refractivity contribution in [2.45, 2.75) is 20.8 Å². The van der Waals surface area contributed by atoms with Crippen molar-refractivity contribution in [1.82, 2.24) is 0 Å². The summed E-state index contributed by atoms with van der Waals surface area (Å²) in [5, 5.41) is 0. The lowest BCUT2D eigenvalue weighted by atomic mass is 9.96. The van der Waals surface area contributed by atoms with Crippen LogP contribution in [0, 0.1) is 20.8 Å². The number of nitrogens with two attached hydrogens (primary N) is 1. The van der Waals surface area contributed by atoms with Gasteiger partial charge in [-0.3, -0.25) is 0 Å². The molecule has 0 amide bonds. The van der Waals surface area contributed by atoms with Gasteiger partial charge in [-0.15, -0.1) is 0 Å². The van der Waals surface area contributed by atoms with Crippen LogP contribution in [-0.4, -0.2) is 7.11 Å². The van der Waals surface area contributed by atoms with Crippen LogP contribution in [0.15, 0.2) is 30.3 Å². The highest BCUT2D eigenvalue weighted by atomic mass is 16.5. The number of nitrogen functional groups attached to an aromatic ring is 1. The molecule has 2 aromatic rings. The minimum Gasteiger partial charge on any atom is -0.496 e. The lowest BCUT2D eigenvalue weighted by molar-refractivity contribution is 0.408. The average Bonchev–Trinajstić information content (AvgIpc) is 2.32. The lowest BCUT2D eigenvalue weighted by Gasteiger charge is -2.13. The number of methoxy groups -OCH3 is 1. The molecule has 0 aliphatic rings. The van der Waals surface area contributed by atoms with Crippen LogP contribution < -0.4 is 10.5 Å². The first-order chi connectivity index (χ1) is 8.52. The molecule has 0 spiro atoms. The highest BCUT2D eigenvalue weighted by Gasteiger charge is 2.08. The number of rotatable bonds is 2. The van der Waals surface area contributed by atoms with Gasteiger partial charge in [0.25, 0.3) is 0 Å². The number of anilines is 1. The van der Waals surface area contributed by atoms with Gasteiger partial charge in [-0.1, -0.05) is 6.07 Å². The van der Waals surface area contributed by atoms with Crippen molar-refractivity contribution < 1.29 is 4.74 Å². The Morgan fingerprint density at radius 1 is 0.889 bits per heavy atom. The summed E-state index contributed by atoms with van der Waals surface area (Å²) in [5.74, 6) is 0.959. The molecule has 0 saturated carbocycles. The fourth-order valence-corrected chi connectivity index (χ4v) is 2.38. The smallest absolute Gasteiger partial charge is 0.124 e. The van der Waals surface area contributed by atoms with E-state index in [-0.39, 0.29) is 0 Å². The van der Waals surface area contributed by atoms with Crippen LogP contribution in [0.4, 0.5) is 5.69 Å². The molecule has 2 N–H and O–H groups in total. The van der Waals surface area contributed by atoms with Gasteiger partial charge in [0.15, 0.2) is 0 Å². The Bertz CT molecular complexity index is 565. The van der Waals surface area contributed by atoms with Crippen molar-refractivity contribution in [3.8, 4) is 16.9 Å². The van der Waals surface area contributed by atoms with Gasteiger partial charge in [0, 0.05) is 5.69 Å². The zero-order valence-corrected chi connectivity index (χ0v) is 11.4. The third-order valence-electron chi connectivity index (χ3n) is 3.24. The average molecular weight is 241 g/mol. The molecule has 0 saturated heterocycles. The van der Waals surface area contributed by atoms with Gasteiger partial charge in [-0.2, -0.15) is 0 Å². The van der Waals surface area contributed by atoms with Gasteiger partial charge >= 0.3 is 0 Å². The quantitative estimate of drug-likeness (QED) is 0.810. The Morgan fingerprint density at radius 2 is 1.50 bits per heavy atom. The summed E-state index contributed by atoms with van der Waals surface area (Å²) < 4.78 is 5.40. The second-order valence-electron chi connectivity index (χ2n) is 4.72. The Hall–Kier alpha value is -1.96. The Morgan fingerprint density at radius 3 is 2.06 bits per heavy atom. The van der Waals surface area contributed by atoms with E-state index in [0.717, 1.165) is 22.6 Å². The van der Waals surface area contributed by atoms with Gasteiger partial charge in [0.05, 0.1) is 7.11 Å². The fraction of sp³-hybridized carbons (Fsp3) is 0.250. The standard InChI is InChI=1S/C16H19NO/c1-10-5-6-14(17)9-15(10)13-7-11(2)16(18-4)12(3)8-13/h5-9H,17H2,1-4H3. The zero-order valence-electron chi connectivity index (χ0n) is 11.4. The molecule has 2 aromatic carbocycles. The Balaban J connectivity index is 2.61. The summed E-state index contributed by atoms with van der Waals surface area (Å²) in [5.41, 5.74) is 12.6. The maximum atomic E-state index is 5.87. The van der Waals surface area contributed by atoms with Crippen LogP contribution in [0.2, 0.25) is 0 Å². The third kappa shape index (κ3) is 2.19. The van der Waals surface area contributed by atoms with E-state index in [9.17, 15) is 0 Å². The Kier molecular flexibility index (Phi) is 3.28. The molecule has 2 heteroatoms. The monoisotopic (exact) mass is 241 g/mol. The lowest BCUT2D eigenvalue weighted by Crippen LogP contribution is -1.94. The number of hydrogen-bond acceptors (Lipinski definition) is 2. The minimum absolute atomic E-state index is 0.793. The van der Waals surface area contributed by atoms with E-state index in [2.05, 4.69) is 39.0 Å². The zero-order chi connectivity index (χ0) is 13.3. The maximum absolute atomic E-state index is 5.87. The van der Waals surface area contributed by atoms with Crippen molar-refractivity contribution in [3.63, 3.8) is 0 Å². The first-order valence-electron chi connectivity index (χ1n) is 6.04. The number of hydrogen-bond donors (Lipinski definition) is 1. The molecule has 0 heterocycles. The molecule has 0 unspecified atom stereocenters. The molecule has 0 fully saturated rings. The first-order valence-corrected chi connectivity index (χ1v) is 6.04. The van der Waals surface area contributed by atoms with Crippen LogP contribution in [-0.2, 0) is 0 Å². The number of aryl methyl sites for hydroxylation is 3. The van der Waals surface area contributed by atoms with Gasteiger partial charge in [0.2, 0.25) is 0 Å². The van der Waals surface area contributed by atoms with Crippen LogP contribution in [0.5, 0.6) is 5.75 Å². The van der Waals surface area contributed by atoms with E-state index < -0.39 is 0 Å². The number of ether oxygens (including phenoxy) is 1. The van der Waals surface area contributed by atoms with E-state index >= 15 is 0 Å². The first kappa shape index (κ1) is 12.5. The van der Waals surface area contributed by atoms with Crippen molar-refractivity contribution in [2.75, 3.05) is 12.8 Å². The van der Waals surface area contributed by atoms with Gasteiger partial charge < -0.3 is 10.5 Å². The summed E-state index contributed by atoms with van der Waals surface area (Å²) in [4.78, 5) is 0. The second kappa shape index (κ2) is 4.73. The third-order valence-corrected chi connectivity index (χ3v) is 3.24. The van der Waals surface area contributed by atoms with Gasteiger partial charge in [-0.25, -0.2) is 0 Å². The molecule has 2 rings (SSSR count). The molecule has 94 valence electrons. The molecule has 0 aliphatic carbocycles. The predicted molar refractivity (Wildman–Crippen MR) is 77.1 cm³/mol. The fourth-order valence-electron chi connectivity index (χ4n) is 2.38. The molecule has 0 bridgehead atoms. The SMILES string of the molecule is COc1c(C)cc(-c2cc(N)ccc2C)cc1C. The Labute approximate surface area is 108 Å². The van der Waals surface area contributed by atoms with Gasteiger partial charge in [0.1, 0.15) is 5.75 Å². The molecule has 0 atom stereocenters. The molecule has 0 aliphatic heterocycles. The van der Waals surface area contributed by atoms with E-state index in [0.29, 0.717) is 0 Å². The summed E-state index contributed by atoms with van der Waals surface area (Å²) in [6.07, 6.45) is 0. The topological polar surface area (TPSA) is 35.2 Å². The predicted octanol–water partition coefficient (Wildman–Crippen LogP) is 3.87. The van der Waals surface area contributed by atoms with Crippen molar-refractivity contribution in [1.29, 1.82) is 0 Å². The van der Waals surface area contributed by atoms with Crippen LogP contribution in [0.3, 0.4) is 0 Å². The second-order valence-corrected chi connectivity index (χ2v) is 4.72. The number of benzene rings is 2. The van der Waals surface area contributed by atoms with Crippen LogP contribution in [0.1, 0.15) is 16.7 Å². The summed E-state index contributed by atoms with van der Waals surface area (Å²) >= 11 is 0. The molecule has 0 aromatic heterocycles. The van der Waals surface area contributed by atoms with E-state index in [1.54, 1.807) is 7.11 Å². The van der Waals surface area contributed by atoms with Crippen molar-refractivity contribution in [2.24, 2.45) is 0 Å². The minimum atomic E-state index is 0.793. The van der Waals surface area contributed by atoms with E-state index in [1.807, 2.05) is 12.1 Å². The molecule has 2 nitrogen and oxygen atoms in total. The summed E-state index contributed by atoms with van der Waals surface area (Å²) in [7, 11) is 1.71. The summed E-state index contributed by atoms with van der Waals surface area (Å²) in [6.45, 7) is 6.23. The molecular weight excluding hydrogens is 222 g/mol. The van der Waals surface area contributed by atoms with E-state index in [4.69, 9.17) is 10.5 Å². The normalized spacial score (nSPS) is 10.4. The van der Waals surface area contributed by atoms with Crippen LogP contribution in [0.25, 0.3) is 11.1 Å². The van der Waals surface area contributed by atoms with Crippen molar-refractivity contribution in [3.05, 3.63) is 47.0 Å². The maximum Gasteiger partial charge on any atom is 0.124 e.